The lowest BCUT2D eigenvalue weighted by Crippen LogP contribution is -2.30. The molecule has 25 heavy (non-hydrogen) atoms. The van der Waals surface area contributed by atoms with Gasteiger partial charge in [0.2, 0.25) is 0 Å². The third-order valence-electron chi connectivity index (χ3n) is 4.27. The van der Waals surface area contributed by atoms with Gasteiger partial charge in [-0.05, 0) is 42.2 Å². The Labute approximate surface area is 148 Å². The molecule has 1 amide bonds. The molecule has 2 heterocycles. The van der Waals surface area contributed by atoms with Crippen LogP contribution >= 0.6 is 0 Å². The van der Waals surface area contributed by atoms with Crippen molar-refractivity contribution >= 4 is 5.91 Å². The molecule has 0 fully saturated rings. The Kier molecular flexibility index (Phi) is 5.62. The summed E-state index contributed by atoms with van der Waals surface area (Å²) in [5, 5.41) is 0. The number of aryl methyl sites for hydroxylation is 1. The molecule has 0 spiro atoms. The lowest BCUT2D eigenvalue weighted by Gasteiger charge is -2.18. The molecule has 3 aromatic rings. The van der Waals surface area contributed by atoms with Gasteiger partial charge in [-0.3, -0.25) is 9.78 Å². The molecule has 0 saturated carbocycles. The van der Waals surface area contributed by atoms with E-state index < -0.39 is 0 Å². The first-order valence-corrected chi connectivity index (χ1v) is 8.57. The van der Waals surface area contributed by atoms with Crippen molar-refractivity contribution in [2.24, 2.45) is 0 Å². The fourth-order valence-electron chi connectivity index (χ4n) is 2.90. The number of aromatic nitrogens is 2. The molecule has 1 aromatic carbocycles. The van der Waals surface area contributed by atoms with Crippen LogP contribution in [0, 0.1) is 0 Å². The van der Waals surface area contributed by atoms with E-state index in [-0.39, 0.29) is 5.91 Å². The van der Waals surface area contributed by atoms with Crippen LogP contribution in [0.3, 0.4) is 0 Å². The number of pyridine rings is 1. The Morgan fingerprint density at radius 1 is 1.04 bits per heavy atom. The van der Waals surface area contributed by atoms with Crippen LogP contribution in [0.2, 0.25) is 0 Å². The maximum absolute atomic E-state index is 12.7. The molecule has 0 aliphatic rings. The minimum atomic E-state index is 0.0574. The van der Waals surface area contributed by atoms with Gasteiger partial charge in [-0.15, -0.1) is 0 Å². The van der Waals surface area contributed by atoms with Gasteiger partial charge in [0, 0.05) is 38.7 Å². The Hall–Kier alpha value is -2.88. The largest absolute Gasteiger partial charge is 0.340 e. The fourth-order valence-corrected chi connectivity index (χ4v) is 2.90. The smallest absolute Gasteiger partial charge is 0.270 e. The maximum Gasteiger partial charge on any atom is 0.270 e. The monoisotopic (exact) mass is 333 g/mol. The van der Waals surface area contributed by atoms with Crippen molar-refractivity contribution in [3.63, 3.8) is 0 Å². The minimum Gasteiger partial charge on any atom is -0.340 e. The number of hydrogen-bond acceptors (Lipinski definition) is 2. The Morgan fingerprint density at radius 3 is 2.60 bits per heavy atom. The molecule has 4 heteroatoms. The van der Waals surface area contributed by atoms with Gasteiger partial charge in [0.05, 0.1) is 0 Å². The van der Waals surface area contributed by atoms with Gasteiger partial charge in [0.25, 0.3) is 5.91 Å². The van der Waals surface area contributed by atoms with Crippen LogP contribution in [-0.2, 0) is 13.0 Å². The van der Waals surface area contributed by atoms with Crippen molar-refractivity contribution in [1.29, 1.82) is 0 Å². The topological polar surface area (TPSA) is 38.1 Å². The van der Waals surface area contributed by atoms with Crippen molar-refractivity contribution in [2.75, 3.05) is 13.6 Å². The van der Waals surface area contributed by atoms with E-state index in [9.17, 15) is 4.79 Å². The summed E-state index contributed by atoms with van der Waals surface area (Å²) in [6, 6.07) is 18.1. The lowest BCUT2D eigenvalue weighted by molar-refractivity contribution is 0.0783. The molecule has 0 N–H and O–H groups in total. The quantitative estimate of drug-likeness (QED) is 0.662. The van der Waals surface area contributed by atoms with Gasteiger partial charge >= 0.3 is 0 Å². The highest BCUT2D eigenvalue weighted by atomic mass is 16.2. The van der Waals surface area contributed by atoms with E-state index in [4.69, 9.17) is 0 Å². The van der Waals surface area contributed by atoms with Crippen LogP contribution in [0.25, 0.3) is 0 Å². The van der Waals surface area contributed by atoms with Crippen LogP contribution in [0.5, 0.6) is 0 Å². The summed E-state index contributed by atoms with van der Waals surface area (Å²) in [7, 11) is 1.87. The molecule has 3 rings (SSSR count). The number of hydrogen-bond donors (Lipinski definition) is 0. The molecule has 0 aliphatic heterocycles. The van der Waals surface area contributed by atoms with Gasteiger partial charge in [-0.2, -0.15) is 0 Å². The Balaban J connectivity index is 1.58. The molecule has 0 unspecified atom stereocenters. The second-order valence-electron chi connectivity index (χ2n) is 6.20. The number of amides is 1. The molecular weight excluding hydrogens is 310 g/mol. The van der Waals surface area contributed by atoms with E-state index in [0.717, 1.165) is 24.9 Å². The molecule has 0 bridgehead atoms. The van der Waals surface area contributed by atoms with Crippen molar-refractivity contribution in [3.05, 3.63) is 90.0 Å². The first-order chi connectivity index (χ1) is 12.2. The predicted molar refractivity (Wildman–Crippen MR) is 99.5 cm³/mol. The van der Waals surface area contributed by atoms with Gasteiger partial charge in [0.1, 0.15) is 5.69 Å². The van der Waals surface area contributed by atoms with Crippen molar-refractivity contribution in [2.45, 2.75) is 19.4 Å². The highest BCUT2D eigenvalue weighted by Crippen LogP contribution is 2.10. The minimum absolute atomic E-state index is 0.0574. The second-order valence-corrected chi connectivity index (χ2v) is 6.20. The predicted octanol–water partition coefficient (Wildman–Crippen LogP) is 3.64. The number of carbonyl (C=O) groups is 1. The number of benzene rings is 1. The van der Waals surface area contributed by atoms with E-state index in [0.29, 0.717) is 12.2 Å². The van der Waals surface area contributed by atoms with E-state index in [1.165, 1.54) is 5.56 Å². The fraction of sp³-hybridized carbons (Fsp3) is 0.238. The van der Waals surface area contributed by atoms with Crippen LogP contribution in [-0.4, -0.2) is 34.0 Å². The van der Waals surface area contributed by atoms with Crippen LogP contribution in [0.1, 0.15) is 28.0 Å². The molecular formula is C21H23N3O. The summed E-state index contributed by atoms with van der Waals surface area (Å²) < 4.78 is 1.98. The van der Waals surface area contributed by atoms with Crippen molar-refractivity contribution < 1.29 is 4.79 Å². The standard InChI is InChI=1S/C21H23N3O/c1-23(14-6-11-18-8-3-2-4-9-18)21(25)20-12-7-15-24(20)17-19-10-5-13-22-16-19/h2-5,7-10,12-13,15-16H,6,11,14,17H2,1H3. The van der Waals surface area contributed by atoms with Gasteiger partial charge < -0.3 is 9.47 Å². The lowest BCUT2D eigenvalue weighted by atomic mass is 10.1. The van der Waals surface area contributed by atoms with E-state index in [2.05, 4.69) is 29.2 Å². The number of carbonyl (C=O) groups excluding carboxylic acids is 1. The average molecular weight is 333 g/mol. The first-order valence-electron chi connectivity index (χ1n) is 8.57. The maximum atomic E-state index is 12.7. The summed E-state index contributed by atoms with van der Waals surface area (Å²) in [6.07, 6.45) is 7.46. The van der Waals surface area contributed by atoms with E-state index in [1.54, 1.807) is 11.1 Å². The number of rotatable bonds is 7. The van der Waals surface area contributed by atoms with E-state index in [1.807, 2.05) is 54.3 Å². The second kappa shape index (κ2) is 8.29. The Bertz CT molecular complexity index is 796. The van der Waals surface area contributed by atoms with Gasteiger partial charge in [0.15, 0.2) is 0 Å². The SMILES string of the molecule is CN(CCCc1ccccc1)C(=O)c1cccn1Cc1cccnc1. The summed E-state index contributed by atoms with van der Waals surface area (Å²) in [4.78, 5) is 18.7. The summed E-state index contributed by atoms with van der Waals surface area (Å²) in [5.41, 5.74) is 3.11. The molecule has 4 nitrogen and oxygen atoms in total. The first kappa shape index (κ1) is 17.0. The molecule has 128 valence electrons. The highest BCUT2D eigenvalue weighted by molar-refractivity contribution is 5.92. The van der Waals surface area contributed by atoms with Crippen LogP contribution < -0.4 is 0 Å². The summed E-state index contributed by atoms with van der Waals surface area (Å²) in [5.74, 6) is 0.0574. The van der Waals surface area contributed by atoms with Crippen LogP contribution in [0.4, 0.5) is 0 Å². The molecule has 0 radical (unpaired) electrons. The zero-order chi connectivity index (χ0) is 17.5. The van der Waals surface area contributed by atoms with Crippen LogP contribution in [0.15, 0.2) is 73.2 Å². The van der Waals surface area contributed by atoms with Crippen molar-refractivity contribution in [3.8, 4) is 0 Å². The zero-order valence-electron chi connectivity index (χ0n) is 14.5. The molecule has 0 aliphatic carbocycles. The highest BCUT2D eigenvalue weighted by Gasteiger charge is 2.15. The molecule has 2 aromatic heterocycles. The zero-order valence-corrected chi connectivity index (χ0v) is 14.5. The van der Waals surface area contributed by atoms with Crippen molar-refractivity contribution in [1.82, 2.24) is 14.5 Å². The number of nitrogens with zero attached hydrogens (tertiary/aromatic N) is 3. The molecule has 0 saturated heterocycles. The third-order valence-corrected chi connectivity index (χ3v) is 4.27. The summed E-state index contributed by atoms with van der Waals surface area (Å²) in [6.45, 7) is 1.39. The average Bonchev–Trinajstić information content (AvgIpc) is 3.11. The third kappa shape index (κ3) is 4.57. The normalized spacial score (nSPS) is 10.6. The molecule has 0 atom stereocenters. The Morgan fingerprint density at radius 2 is 1.84 bits per heavy atom. The van der Waals surface area contributed by atoms with E-state index >= 15 is 0 Å². The van der Waals surface area contributed by atoms with Gasteiger partial charge in [-0.1, -0.05) is 36.4 Å². The van der Waals surface area contributed by atoms with Gasteiger partial charge in [-0.25, -0.2) is 0 Å². The summed E-state index contributed by atoms with van der Waals surface area (Å²) >= 11 is 0.